The van der Waals surface area contributed by atoms with Crippen LogP contribution < -0.4 is 5.32 Å². The molecule has 0 saturated heterocycles. The van der Waals surface area contributed by atoms with Gasteiger partial charge in [-0.05, 0) is 29.8 Å². The summed E-state index contributed by atoms with van der Waals surface area (Å²) in [6.45, 7) is 0. The molecule has 8 heteroatoms. The first-order valence-corrected chi connectivity index (χ1v) is 7.21. The Morgan fingerprint density at radius 2 is 1.88 bits per heavy atom. The van der Waals surface area contributed by atoms with E-state index in [1.54, 1.807) is 17.4 Å². The molecule has 1 N–H and O–H groups in total. The predicted octanol–water partition coefficient (Wildman–Crippen LogP) is 4.57. The summed E-state index contributed by atoms with van der Waals surface area (Å²) in [5.41, 5.74) is 1.69. The van der Waals surface area contributed by atoms with Gasteiger partial charge in [0.15, 0.2) is 11.5 Å². The molecule has 2 aromatic carbocycles. The summed E-state index contributed by atoms with van der Waals surface area (Å²) < 4.78 is 42.3. The Labute approximate surface area is 139 Å². The van der Waals surface area contributed by atoms with E-state index in [1.807, 2.05) is 12.1 Å². The van der Waals surface area contributed by atoms with E-state index < -0.39 is 12.1 Å². The van der Waals surface area contributed by atoms with Crippen LogP contribution in [0.2, 0.25) is 5.02 Å². The number of oxazole rings is 1. The number of fused-ring (bicyclic) bond motifs is 1. The summed E-state index contributed by atoms with van der Waals surface area (Å²) in [5.74, 6) is -1.63. The highest BCUT2D eigenvalue weighted by Gasteiger charge is 2.38. The highest BCUT2D eigenvalue weighted by Crippen LogP contribution is 2.24. The summed E-state index contributed by atoms with van der Waals surface area (Å²) in [6.07, 6.45) is -4.54. The van der Waals surface area contributed by atoms with Crippen molar-refractivity contribution in [1.29, 1.82) is 0 Å². The third kappa shape index (κ3) is 3.68. The van der Waals surface area contributed by atoms with Gasteiger partial charge in [-0.1, -0.05) is 23.7 Å². The lowest BCUT2D eigenvalue weighted by molar-refractivity contribution is -0.167. The third-order valence-corrected chi connectivity index (χ3v) is 3.47. The van der Waals surface area contributed by atoms with E-state index in [4.69, 9.17) is 16.0 Å². The Kier molecular flexibility index (Phi) is 4.19. The number of amides is 1. The number of hydrogen-bond acceptors (Lipinski definition) is 3. The van der Waals surface area contributed by atoms with Crippen LogP contribution in [0.15, 0.2) is 46.9 Å². The molecule has 0 unspecified atom stereocenters. The van der Waals surface area contributed by atoms with E-state index in [1.165, 1.54) is 18.2 Å². The van der Waals surface area contributed by atoms with Crippen LogP contribution in [-0.2, 0) is 11.2 Å². The lowest BCUT2D eigenvalue weighted by Crippen LogP contribution is -2.29. The number of hydrogen-bond donors (Lipinski definition) is 1. The molecule has 124 valence electrons. The largest absolute Gasteiger partial charge is 0.471 e. The molecule has 3 rings (SSSR count). The van der Waals surface area contributed by atoms with Gasteiger partial charge < -0.3 is 9.73 Å². The molecule has 0 fully saturated rings. The van der Waals surface area contributed by atoms with Crippen LogP contribution in [0, 0.1) is 0 Å². The summed E-state index contributed by atoms with van der Waals surface area (Å²) in [5, 5.41) is 2.39. The first-order valence-electron chi connectivity index (χ1n) is 6.83. The van der Waals surface area contributed by atoms with Crippen LogP contribution >= 0.6 is 11.6 Å². The molecule has 3 aromatic rings. The quantitative estimate of drug-likeness (QED) is 0.749. The molecule has 0 aliphatic heterocycles. The molecule has 0 atom stereocenters. The van der Waals surface area contributed by atoms with Crippen LogP contribution in [0.3, 0.4) is 0 Å². The molecule has 1 amide bonds. The van der Waals surface area contributed by atoms with Crippen LogP contribution in [0.25, 0.3) is 11.1 Å². The maximum Gasteiger partial charge on any atom is 0.471 e. The fourth-order valence-electron chi connectivity index (χ4n) is 2.10. The lowest BCUT2D eigenvalue weighted by Gasteiger charge is -2.07. The number of benzene rings is 2. The van der Waals surface area contributed by atoms with Crippen molar-refractivity contribution in [1.82, 2.24) is 4.98 Å². The van der Waals surface area contributed by atoms with Gasteiger partial charge in [0, 0.05) is 23.2 Å². The Bertz CT molecular complexity index is 888. The van der Waals surface area contributed by atoms with E-state index in [0.717, 1.165) is 5.56 Å². The normalized spacial score (nSPS) is 11.7. The molecule has 0 aliphatic carbocycles. The average Bonchev–Trinajstić information content (AvgIpc) is 2.90. The van der Waals surface area contributed by atoms with Crippen molar-refractivity contribution in [3.8, 4) is 0 Å². The number of anilines is 1. The molecular weight excluding hydrogens is 345 g/mol. The van der Waals surface area contributed by atoms with Crippen LogP contribution in [0.1, 0.15) is 11.5 Å². The molecular formula is C16H10ClF3N2O2. The highest BCUT2D eigenvalue weighted by molar-refractivity contribution is 6.30. The Morgan fingerprint density at radius 3 is 2.54 bits per heavy atom. The number of nitrogens with zero attached hydrogens (tertiary/aromatic N) is 1. The Balaban J connectivity index is 1.81. The van der Waals surface area contributed by atoms with Gasteiger partial charge in [-0.15, -0.1) is 0 Å². The molecule has 0 radical (unpaired) electrons. The minimum absolute atomic E-state index is 0.0148. The van der Waals surface area contributed by atoms with Gasteiger partial charge in [0.25, 0.3) is 0 Å². The number of alkyl halides is 3. The number of halogens is 4. The van der Waals surface area contributed by atoms with Crippen molar-refractivity contribution >= 4 is 34.3 Å². The second-order valence-corrected chi connectivity index (χ2v) is 5.48. The second-order valence-electron chi connectivity index (χ2n) is 5.05. The van der Waals surface area contributed by atoms with E-state index in [9.17, 15) is 18.0 Å². The number of carbonyl (C=O) groups is 1. The third-order valence-electron chi connectivity index (χ3n) is 3.22. The first kappa shape index (κ1) is 16.3. The average molecular weight is 355 g/mol. The zero-order chi connectivity index (χ0) is 17.3. The predicted molar refractivity (Wildman–Crippen MR) is 83.0 cm³/mol. The monoisotopic (exact) mass is 354 g/mol. The summed E-state index contributed by atoms with van der Waals surface area (Å²) in [4.78, 5) is 15.2. The van der Waals surface area contributed by atoms with Crippen molar-refractivity contribution in [3.63, 3.8) is 0 Å². The number of aromatic nitrogens is 1. The molecule has 4 nitrogen and oxygen atoms in total. The maximum atomic E-state index is 12.3. The maximum absolute atomic E-state index is 12.3. The van der Waals surface area contributed by atoms with Crippen molar-refractivity contribution < 1.29 is 22.4 Å². The molecule has 0 spiro atoms. The molecule has 0 aliphatic rings. The fraction of sp³-hybridized carbons (Fsp3) is 0.125. The minimum atomic E-state index is -4.95. The van der Waals surface area contributed by atoms with Crippen molar-refractivity contribution in [2.24, 2.45) is 0 Å². The Hall–Kier alpha value is -2.54. The van der Waals surface area contributed by atoms with Gasteiger partial charge in [-0.2, -0.15) is 13.2 Å². The zero-order valence-electron chi connectivity index (χ0n) is 12.0. The summed E-state index contributed by atoms with van der Waals surface area (Å²) in [6, 6.07) is 11.3. The molecule has 24 heavy (non-hydrogen) atoms. The highest BCUT2D eigenvalue weighted by atomic mass is 35.5. The van der Waals surface area contributed by atoms with Gasteiger partial charge in [0.2, 0.25) is 0 Å². The molecule has 1 heterocycles. The summed E-state index contributed by atoms with van der Waals surface area (Å²) in [7, 11) is 0. The Morgan fingerprint density at radius 1 is 1.17 bits per heavy atom. The van der Waals surface area contributed by atoms with Crippen LogP contribution in [0.4, 0.5) is 18.9 Å². The molecule has 0 bridgehead atoms. The second kappa shape index (κ2) is 6.16. The van der Waals surface area contributed by atoms with E-state index in [2.05, 4.69) is 4.98 Å². The van der Waals surface area contributed by atoms with E-state index >= 15 is 0 Å². The van der Waals surface area contributed by atoms with Gasteiger partial charge in [0.1, 0.15) is 5.52 Å². The van der Waals surface area contributed by atoms with Gasteiger partial charge >= 0.3 is 12.1 Å². The minimum Gasteiger partial charge on any atom is -0.440 e. The lowest BCUT2D eigenvalue weighted by atomic mass is 10.1. The van der Waals surface area contributed by atoms with Gasteiger partial charge in [-0.3, -0.25) is 4.79 Å². The molecule has 0 saturated carbocycles. The number of carbonyl (C=O) groups excluding carboxylic acids is 1. The number of rotatable bonds is 3. The number of nitrogens with one attached hydrogen (secondary N) is 1. The zero-order valence-corrected chi connectivity index (χ0v) is 12.8. The summed E-state index contributed by atoms with van der Waals surface area (Å²) >= 11 is 5.82. The van der Waals surface area contributed by atoms with Crippen molar-refractivity contribution in [2.45, 2.75) is 12.6 Å². The van der Waals surface area contributed by atoms with E-state index in [-0.39, 0.29) is 5.69 Å². The standard InChI is InChI=1S/C16H10ClF3N2O2/c17-10-3-1-9(2-4-10)7-14-22-12-6-5-11(8-13(12)24-14)21-15(23)16(18,19)20/h1-6,8H,7H2,(H,21,23). The first-order chi connectivity index (χ1) is 11.3. The topological polar surface area (TPSA) is 55.1 Å². The van der Waals surface area contributed by atoms with E-state index in [0.29, 0.717) is 28.4 Å². The SMILES string of the molecule is O=C(Nc1ccc2nc(Cc3ccc(Cl)cc3)oc2c1)C(F)(F)F. The smallest absolute Gasteiger partial charge is 0.440 e. The van der Waals surface area contributed by atoms with Crippen molar-refractivity contribution in [3.05, 3.63) is 58.9 Å². The fourth-order valence-corrected chi connectivity index (χ4v) is 2.23. The van der Waals surface area contributed by atoms with Gasteiger partial charge in [0.05, 0.1) is 0 Å². The van der Waals surface area contributed by atoms with Crippen molar-refractivity contribution in [2.75, 3.05) is 5.32 Å². The molecule has 1 aromatic heterocycles. The van der Waals surface area contributed by atoms with Crippen LogP contribution in [-0.4, -0.2) is 17.1 Å². The van der Waals surface area contributed by atoms with Gasteiger partial charge in [-0.25, -0.2) is 4.98 Å². The van der Waals surface area contributed by atoms with Crippen LogP contribution in [0.5, 0.6) is 0 Å².